The van der Waals surface area contributed by atoms with Crippen molar-refractivity contribution in [2.24, 2.45) is 5.92 Å². The molecule has 0 amide bonds. The van der Waals surface area contributed by atoms with Crippen molar-refractivity contribution in [2.45, 2.75) is 135 Å². The predicted molar refractivity (Wildman–Crippen MR) is 209 cm³/mol. The highest BCUT2D eigenvalue weighted by Gasteiger charge is 2.55. The van der Waals surface area contributed by atoms with Crippen LogP contribution < -0.4 is 5.32 Å². The van der Waals surface area contributed by atoms with E-state index in [-0.39, 0.29) is 18.2 Å². The zero-order valence-electron chi connectivity index (χ0n) is 31.3. The second-order valence-corrected chi connectivity index (χ2v) is 23.3. The Morgan fingerprint density at radius 1 is 1.08 bits per heavy atom. The maximum atomic E-state index is 6.65. The van der Waals surface area contributed by atoms with Gasteiger partial charge < -0.3 is 33.6 Å². The number of benzene rings is 1. The molecule has 3 aromatic heterocycles. The van der Waals surface area contributed by atoms with Gasteiger partial charge in [0.1, 0.15) is 36.5 Å². The van der Waals surface area contributed by atoms with E-state index in [0.29, 0.717) is 34.8 Å². The summed E-state index contributed by atoms with van der Waals surface area (Å²) in [6.45, 7) is 19.0. The molecule has 0 radical (unpaired) electrons. The van der Waals surface area contributed by atoms with Crippen molar-refractivity contribution in [3.63, 3.8) is 0 Å². The molecular formula is C38H55Cl2N7O3Si. The number of ether oxygens (including phenoxy) is 3. The molecule has 0 unspecified atom stereocenters. The third-order valence-corrected chi connectivity index (χ3v) is 13.1. The minimum atomic E-state index is -1.19. The average Bonchev–Trinajstić information content (AvgIpc) is 3.36. The number of hydrogen-bond donors (Lipinski definition) is 1. The summed E-state index contributed by atoms with van der Waals surface area (Å²) in [5, 5.41) is 5.72. The molecule has 1 aliphatic heterocycles. The molecule has 4 heterocycles. The van der Waals surface area contributed by atoms with Crippen molar-refractivity contribution < 1.29 is 14.2 Å². The average molecular weight is 757 g/mol. The zero-order chi connectivity index (χ0) is 36.1. The van der Waals surface area contributed by atoms with Crippen LogP contribution in [0.2, 0.25) is 35.7 Å². The van der Waals surface area contributed by atoms with Crippen LogP contribution in [0.5, 0.6) is 0 Å². The number of unbranched alkanes of at least 4 members (excludes halogenated alkanes) is 1. The summed E-state index contributed by atoms with van der Waals surface area (Å²) < 4.78 is 24.0. The van der Waals surface area contributed by atoms with Crippen LogP contribution in [-0.2, 0) is 27.4 Å². The van der Waals surface area contributed by atoms with Gasteiger partial charge in [-0.25, -0.2) is 15.0 Å². The highest BCUT2D eigenvalue weighted by atomic mass is 35.5. The standard InChI is InChI=1S/C38H55Cl2N7O3Si/c1-24(2)45(14-9-8-10-33-44-30-19-28(39)29(40)20-31(30)47(33)23-48-16-17-51(5,6)7)21-25-18-32(35-34(25)49-38(3,4)50-35)46-15-13-27-36(43-26-11-12-26)41-22-42-37(27)46/h13,15,19-20,22,24-26,32,34-35H,8-12,14,16-18,21,23H2,1-7H3,(H,41,42,43)/t25-,32-,34-,35+/m1/s1. The molecular weight excluding hydrogens is 701 g/mol. The second-order valence-electron chi connectivity index (χ2n) is 16.8. The van der Waals surface area contributed by atoms with E-state index in [4.69, 9.17) is 47.4 Å². The van der Waals surface area contributed by atoms with E-state index in [1.54, 1.807) is 6.33 Å². The third kappa shape index (κ3) is 8.45. The van der Waals surface area contributed by atoms with Crippen LogP contribution in [0.3, 0.4) is 0 Å². The van der Waals surface area contributed by atoms with Crippen LogP contribution in [0.25, 0.3) is 22.1 Å². The molecule has 13 heteroatoms. The maximum absolute atomic E-state index is 6.65. The first kappa shape index (κ1) is 37.1. The van der Waals surface area contributed by atoms with E-state index in [1.807, 2.05) is 26.0 Å². The quantitative estimate of drug-likeness (QED) is 0.0897. The number of aryl methyl sites for hydroxylation is 1. The van der Waals surface area contributed by atoms with Crippen molar-refractivity contribution in [2.75, 3.05) is 25.0 Å². The second kappa shape index (κ2) is 14.9. The number of hydrogen-bond acceptors (Lipinski definition) is 8. The van der Waals surface area contributed by atoms with Gasteiger partial charge in [0.15, 0.2) is 5.79 Å². The highest BCUT2D eigenvalue weighted by Crippen LogP contribution is 2.48. The molecule has 2 saturated carbocycles. The molecule has 3 fully saturated rings. The van der Waals surface area contributed by atoms with Crippen molar-refractivity contribution in [3.8, 4) is 0 Å². The number of rotatable bonds is 16. The fraction of sp³-hybridized carbons (Fsp3) is 0.658. The number of anilines is 1. The first-order chi connectivity index (χ1) is 24.3. The van der Waals surface area contributed by atoms with E-state index in [2.05, 4.69) is 70.1 Å². The Bertz CT molecular complexity index is 1840. The van der Waals surface area contributed by atoms with E-state index in [0.717, 1.165) is 85.1 Å². The van der Waals surface area contributed by atoms with Gasteiger partial charge >= 0.3 is 0 Å². The van der Waals surface area contributed by atoms with Gasteiger partial charge in [-0.3, -0.25) is 0 Å². The lowest BCUT2D eigenvalue weighted by molar-refractivity contribution is -0.161. The van der Waals surface area contributed by atoms with Gasteiger partial charge in [-0.05, 0) is 90.6 Å². The molecule has 1 saturated heterocycles. The topological polar surface area (TPSA) is 91.5 Å². The van der Waals surface area contributed by atoms with Gasteiger partial charge in [0.05, 0.1) is 38.6 Å². The molecule has 0 bridgehead atoms. The Kier molecular flexibility index (Phi) is 10.8. The third-order valence-electron chi connectivity index (χ3n) is 10.7. The van der Waals surface area contributed by atoms with Crippen LogP contribution in [0.1, 0.15) is 71.7 Å². The molecule has 51 heavy (non-hydrogen) atoms. The number of nitrogens with zero attached hydrogens (tertiary/aromatic N) is 6. The van der Waals surface area contributed by atoms with Gasteiger partial charge in [-0.2, -0.15) is 0 Å². The number of imidazole rings is 1. The normalized spacial score (nSPS) is 23.4. The van der Waals surface area contributed by atoms with E-state index >= 15 is 0 Å². The Hall–Kier alpha value is -2.25. The maximum Gasteiger partial charge on any atom is 0.163 e. The van der Waals surface area contributed by atoms with Gasteiger partial charge in [0, 0.05) is 51.8 Å². The largest absolute Gasteiger partial charge is 0.367 e. The molecule has 2 aliphatic carbocycles. The summed E-state index contributed by atoms with van der Waals surface area (Å²) in [6, 6.07) is 8.14. The smallest absolute Gasteiger partial charge is 0.163 e. The Labute approximate surface area is 313 Å². The number of halogens is 2. The fourth-order valence-electron chi connectivity index (χ4n) is 7.78. The zero-order valence-corrected chi connectivity index (χ0v) is 33.8. The molecule has 1 N–H and O–H groups in total. The van der Waals surface area contributed by atoms with E-state index in [9.17, 15) is 0 Å². The van der Waals surface area contributed by atoms with Gasteiger partial charge in [0.2, 0.25) is 0 Å². The fourth-order valence-corrected chi connectivity index (χ4v) is 8.85. The summed E-state index contributed by atoms with van der Waals surface area (Å²) >= 11 is 12.8. The summed E-state index contributed by atoms with van der Waals surface area (Å²) in [5.41, 5.74) is 2.80. The highest BCUT2D eigenvalue weighted by molar-refractivity contribution is 6.76. The van der Waals surface area contributed by atoms with Crippen LogP contribution >= 0.6 is 23.2 Å². The Balaban J connectivity index is 1.02. The summed E-state index contributed by atoms with van der Waals surface area (Å²) in [4.78, 5) is 16.9. The SMILES string of the molecule is CC(C)N(CCCCc1nc2cc(Cl)c(Cl)cc2n1COCC[Si](C)(C)C)C[C@H]1C[C@@H](n2ccc3c(NC4CC4)ncnc32)[C@@H]2OC(C)(C)O[C@H]12. The van der Waals surface area contributed by atoms with Crippen LogP contribution in [0.15, 0.2) is 30.7 Å². The van der Waals surface area contributed by atoms with Gasteiger partial charge in [0.25, 0.3) is 0 Å². The minimum absolute atomic E-state index is 0.0223. The molecule has 4 atom stereocenters. The van der Waals surface area contributed by atoms with E-state index < -0.39 is 13.9 Å². The van der Waals surface area contributed by atoms with Crippen LogP contribution in [0.4, 0.5) is 5.82 Å². The van der Waals surface area contributed by atoms with Gasteiger partial charge in [-0.15, -0.1) is 0 Å². The first-order valence-electron chi connectivity index (χ1n) is 18.9. The Morgan fingerprint density at radius 2 is 1.84 bits per heavy atom. The number of fused-ring (bicyclic) bond motifs is 3. The van der Waals surface area contributed by atoms with Crippen LogP contribution in [0, 0.1) is 5.92 Å². The van der Waals surface area contributed by atoms with Crippen molar-refractivity contribution in [1.29, 1.82) is 0 Å². The molecule has 10 nitrogen and oxygen atoms in total. The van der Waals surface area contributed by atoms with Crippen molar-refractivity contribution >= 4 is 59.2 Å². The lowest BCUT2D eigenvalue weighted by Gasteiger charge is -2.31. The lowest BCUT2D eigenvalue weighted by atomic mass is 10.0. The molecule has 1 aromatic carbocycles. The van der Waals surface area contributed by atoms with E-state index in [1.165, 1.54) is 12.8 Å². The predicted octanol–water partition coefficient (Wildman–Crippen LogP) is 8.79. The Morgan fingerprint density at radius 3 is 2.59 bits per heavy atom. The van der Waals surface area contributed by atoms with Crippen LogP contribution in [-0.4, -0.2) is 86.8 Å². The summed E-state index contributed by atoms with van der Waals surface area (Å²) in [5.74, 6) is 1.66. The lowest BCUT2D eigenvalue weighted by Crippen LogP contribution is -2.39. The minimum Gasteiger partial charge on any atom is -0.367 e. The molecule has 278 valence electrons. The summed E-state index contributed by atoms with van der Waals surface area (Å²) in [6.07, 6.45) is 10.1. The first-order valence-corrected chi connectivity index (χ1v) is 23.3. The molecule has 4 aromatic rings. The summed E-state index contributed by atoms with van der Waals surface area (Å²) in [7, 11) is -1.19. The van der Waals surface area contributed by atoms with Crippen molar-refractivity contribution in [1.82, 2.24) is 29.0 Å². The van der Waals surface area contributed by atoms with Crippen molar-refractivity contribution in [3.05, 3.63) is 46.6 Å². The molecule has 0 spiro atoms. The molecule has 7 rings (SSSR count). The van der Waals surface area contributed by atoms with Gasteiger partial charge in [-0.1, -0.05) is 42.8 Å². The molecule has 3 aliphatic rings. The number of aromatic nitrogens is 5. The monoisotopic (exact) mass is 755 g/mol. The number of nitrogens with one attached hydrogen (secondary N) is 1.